The Bertz CT molecular complexity index is 907. The second-order valence-corrected chi connectivity index (χ2v) is 8.19. The van der Waals surface area contributed by atoms with Crippen molar-refractivity contribution >= 4 is 23.2 Å². The second-order valence-electron chi connectivity index (χ2n) is 8.19. The lowest BCUT2D eigenvalue weighted by atomic mass is 10.1. The molecule has 3 rings (SSSR count). The van der Waals surface area contributed by atoms with Gasteiger partial charge in [0.15, 0.2) is 0 Å². The molecule has 1 fully saturated rings. The van der Waals surface area contributed by atoms with Crippen LogP contribution in [0.5, 0.6) is 0 Å². The normalized spacial score (nSPS) is 14.8. The Hall–Kier alpha value is -2.93. The minimum atomic E-state index is -0.242. The molecule has 0 atom stereocenters. The topological polar surface area (TPSA) is 64.7 Å². The van der Waals surface area contributed by atoms with Crippen molar-refractivity contribution in [3.05, 3.63) is 58.9 Å². The molecule has 2 amide bonds. The van der Waals surface area contributed by atoms with Crippen LogP contribution >= 0.6 is 0 Å². The number of benzene rings is 2. The van der Waals surface area contributed by atoms with E-state index in [1.54, 1.807) is 12.1 Å². The summed E-state index contributed by atoms with van der Waals surface area (Å²) >= 11 is 0. The van der Waals surface area contributed by atoms with E-state index >= 15 is 0 Å². The zero-order valence-electron chi connectivity index (χ0n) is 18.5. The highest BCUT2D eigenvalue weighted by molar-refractivity contribution is 5.96. The summed E-state index contributed by atoms with van der Waals surface area (Å²) in [5.41, 5.74) is 4.96. The quantitative estimate of drug-likeness (QED) is 0.745. The van der Waals surface area contributed by atoms with Crippen molar-refractivity contribution in [1.29, 1.82) is 0 Å². The lowest BCUT2D eigenvalue weighted by Gasteiger charge is -2.23. The number of carbonyl (C=O) groups is 2. The maximum Gasteiger partial charge on any atom is 0.243 e. The molecule has 1 heterocycles. The van der Waals surface area contributed by atoms with Crippen LogP contribution in [0.4, 0.5) is 15.8 Å². The molecule has 2 aromatic carbocycles. The Morgan fingerprint density at radius 2 is 1.61 bits per heavy atom. The molecule has 1 aliphatic heterocycles. The average molecular weight is 427 g/mol. The molecule has 1 saturated heterocycles. The highest BCUT2D eigenvalue weighted by Crippen LogP contribution is 2.21. The summed E-state index contributed by atoms with van der Waals surface area (Å²) in [6.07, 6.45) is 0.914. The van der Waals surface area contributed by atoms with Crippen molar-refractivity contribution in [2.45, 2.75) is 27.2 Å². The predicted octanol–water partition coefficient (Wildman–Crippen LogP) is 3.02. The van der Waals surface area contributed by atoms with Gasteiger partial charge in [0.05, 0.1) is 13.1 Å². The van der Waals surface area contributed by atoms with Crippen LogP contribution < -0.4 is 15.5 Å². The number of halogens is 1. The Morgan fingerprint density at radius 3 is 2.29 bits per heavy atom. The van der Waals surface area contributed by atoms with Crippen LogP contribution in [0.2, 0.25) is 0 Å². The summed E-state index contributed by atoms with van der Waals surface area (Å²) in [5, 5.41) is 5.62. The van der Waals surface area contributed by atoms with Crippen LogP contribution in [0, 0.1) is 26.6 Å². The Balaban J connectivity index is 1.44. The van der Waals surface area contributed by atoms with Gasteiger partial charge in [-0.15, -0.1) is 0 Å². The van der Waals surface area contributed by atoms with Crippen LogP contribution in [-0.4, -0.2) is 56.0 Å². The first-order valence-electron chi connectivity index (χ1n) is 10.7. The van der Waals surface area contributed by atoms with Gasteiger partial charge in [-0.1, -0.05) is 17.7 Å². The van der Waals surface area contributed by atoms with E-state index in [-0.39, 0.29) is 30.7 Å². The van der Waals surface area contributed by atoms with Crippen LogP contribution in [0.3, 0.4) is 0 Å². The number of carbonyl (C=O) groups excluding carboxylic acids is 2. The summed E-state index contributed by atoms with van der Waals surface area (Å²) in [6, 6.07) is 10.6. The number of nitrogens with zero attached hydrogens (tertiary/aromatic N) is 2. The molecule has 0 aromatic heterocycles. The number of nitrogens with one attached hydrogen (secondary N) is 2. The van der Waals surface area contributed by atoms with Gasteiger partial charge in [0.25, 0.3) is 0 Å². The van der Waals surface area contributed by atoms with Crippen LogP contribution in [0.25, 0.3) is 0 Å². The fraction of sp³-hybridized carbons (Fsp3) is 0.417. The molecule has 7 heteroatoms. The maximum absolute atomic E-state index is 13.1. The van der Waals surface area contributed by atoms with Gasteiger partial charge >= 0.3 is 0 Å². The van der Waals surface area contributed by atoms with Gasteiger partial charge in [-0.2, -0.15) is 0 Å². The molecule has 0 spiro atoms. The van der Waals surface area contributed by atoms with E-state index in [9.17, 15) is 14.0 Å². The Kier molecular flexibility index (Phi) is 7.63. The molecule has 0 saturated carbocycles. The van der Waals surface area contributed by atoms with Crippen molar-refractivity contribution in [2.24, 2.45) is 0 Å². The summed E-state index contributed by atoms with van der Waals surface area (Å²) in [6.45, 7) is 9.32. The third-order valence-electron chi connectivity index (χ3n) is 5.54. The van der Waals surface area contributed by atoms with Crippen LogP contribution in [-0.2, 0) is 9.59 Å². The van der Waals surface area contributed by atoms with Gasteiger partial charge in [0.1, 0.15) is 5.82 Å². The Labute approximate surface area is 183 Å². The molecule has 31 heavy (non-hydrogen) atoms. The van der Waals surface area contributed by atoms with Gasteiger partial charge in [0.2, 0.25) is 11.8 Å². The van der Waals surface area contributed by atoms with Crippen molar-refractivity contribution in [3.8, 4) is 0 Å². The molecule has 1 aliphatic rings. The molecule has 0 unspecified atom stereocenters. The lowest BCUT2D eigenvalue weighted by molar-refractivity contribution is -0.125. The summed E-state index contributed by atoms with van der Waals surface area (Å²) < 4.78 is 13.1. The average Bonchev–Trinajstić information content (AvgIpc) is 2.95. The monoisotopic (exact) mass is 426 g/mol. The third-order valence-corrected chi connectivity index (χ3v) is 5.54. The number of hydrogen-bond donors (Lipinski definition) is 2. The zero-order chi connectivity index (χ0) is 22.4. The first-order chi connectivity index (χ1) is 14.8. The standard InChI is InChI=1S/C24H31FN4O2/c1-17-13-18(2)24(19(3)14-17)27-22(30)15-26-23(31)16-28-9-4-10-29(12-11-28)21-7-5-20(25)6-8-21/h5-8,13-14H,4,9-12,15-16H2,1-3H3,(H,26,31)(H,27,30). The molecule has 2 aromatic rings. The fourth-order valence-electron chi connectivity index (χ4n) is 4.04. The molecule has 0 aliphatic carbocycles. The van der Waals surface area contributed by atoms with Gasteiger partial charge in [-0.05, 0) is 62.6 Å². The predicted molar refractivity (Wildman–Crippen MR) is 122 cm³/mol. The van der Waals surface area contributed by atoms with Crippen molar-refractivity contribution in [3.63, 3.8) is 0 Å². The van der Waals surface area contributed by atoms with Crippen molar-refractivity contribution in [1.82, 2.24) is 10.2 Å². The van der Waals surface area contributed by atoms with E-state index in [0.717, 1.165) is 60.7 Å². The van der Waals surface area contributed by atoms with Crippen LogP contribution in [0.1, 0.15) is 23.1 Å². The summed E-state index contributed by atoms with van der Waals surface area (Å²) in [7, 11) is 0. The molecule has 0 radical (unpaired) electrons. The van der Waals surface area contributed by atoms with Gasteiger partial charge in [-0.3, -0.25) is 14.5 Å². The number of anilines is 2. The Morgan fingerprint density at radius 1 is 0.935 bits per heavy atom. The number of rotatable bonds is 6. The van der Waals surface area contributed by atoms with Gasteiger partial charge in [-0.25, -0.2) is 4.39 Å². The maximum atomic E-state index is 13.1. The first-order valence-corrected chi connectivity index (χ1v) is 10.7. The van der Waals surface area contributed by atoms with Gasteiger partial charge in [0, 0.05) is 37.6 Å². The van der Waals surface area contributed by atoms with E-state index in [0.29, 0.717) is 0 Å². The van der Waals surface area contributed by atoms with E-state index in [1.807, 2.05) is 32.9 Å². The van der Waals surface area contributed by atoms with E-state index in [2.05, 4.69) is 20.4 Å². The molecule has 2 N–H and O–H groups in total. The van der Waals surface area contributed by atoms with Crippen LogP contribution in [0.15, 0.2) is 36.4 Å². The largest absolute Gasteiger partial charge is 0.370 e. The molecule has 6 nitrogen and oxygen atoms in total. The lowest BCUT2D eigenvalue weighted by Crippen LogP contribution is -2.41. The molecular formula is C24H31FN4O2. The van der Waals surface area contributed by atoms with Gasteiger partial charge < -0.3 is 15.5 Å². The SMILES string of the molecule is Cc1cc(C)c(NC(=O)CNC(=O)CN2CCCN(c3ccc(F)cc3)CC2)c(C)c1. The van der Waals surface area contributed by atoms with E-state index < -0.39 is 0 Å². The highest BCUT2D eigenvalue weighted by Gasteiger charge is 2.18. The minimum Gasteiger partial charge on any atom is -0.370 e. The first kappa shape index (κ1) is 22.7. The van der Waals surface area contributed by atoms with Crippen molar-refractivity contribution < 1.29 is 14.0 Å². The molecule has 166 valence electrons. The number of hydrogen-bond acceptors (Lipinski definition) is 4. The number of amides is 2. The smallest absolute Gasteiger partial charge is 0.243 e. The second kappa shape index (κ2) is 10.4. The third kappa shape index (κ3) is 6.52. The highest BCUT2D eigenvalue weighted by atomic mass is 19.1. The van der Waals surface area contributed by atoms with E-state index in [4.69, 9.17) is 0 Å². The summed E-state index contributed by atoms with van der Waals surface area (Å²) in [4.78, 5) is 29.0. The molecule has 0 bridgehead atoms. The number of aryl methyl sites for hydroxylation is 3. The fourth-order valence-corrected chi connectivity index (χ4v) is 4.04. The van der Waals surface area contributed by atoms with E-state index in [1.165, 1.54) is 12.1 Å². The van der Waals surface area contributed by atoms with Crippen molar-refractivity contribution in [2.75, 3.05) is 49.5 Å². The molecular weight excluding hydrogens is 395 g/mol. The minimum absolute atomic E-state index is 0.0544. The summed E-state index contributed by atoms with van der Waals surface area (Å²) in [5.74, 6) is -0.641. The zero-order valence-corrected chi connectivity index (χ0v) is 18.5.